The van der Waals surface area contributed by atoms with E-state index in [4.69, 9.17) is 12.2 Å². The zero-order chi connectivity index (χ0) is 17.5. The minimum atomic E-state index is -4.50. The largest absolute Gasteiger partial charge is 0.478 e. The smallest absolute Gasteiger partial charge is 0.416 e. The number of nitrogens with zero attached hydrogens (tertiary/aromatic N) is 2. The number of aliphatic carboxylic acids is 1. The number of hydrogen-bond acceptors (Lipinski definition) is 2. The molecule has 124 valence electrons. The number of carbonyl (C=O) groups is 1. The zero-order valence-electron chi connectivity index (χ0n) is 12.7. The van der Waals surface area contributed by atoms with Gasteiger partial charge in [-0.15, -0.1) is 0 Å². The average molecular weight is 344 g/mol. The van der Waals surface area contributed by atoms with Crippen LogP contribution in [0.15, 0.2) is 35.5 Å². The summed E-state index contributed by atoms with van der Waals surface area (Å²) in [5.74, 6) is -1.19. The minimum Gasteiger partial charge on any atom is -0.478 e. The third-order valence-electron chi connectivity index (χ3n) is 3.90. The van der Waals surface area contributed by atoms with Crippen LogP contribution in [0.5, 0.6) is 0 Å². The van der Waals surface area contributed by atoms with Gasteiger partial charge in [0.1, 0.15) is 0 Å². The number of carboxylic acids is 1. The van der Waals surface area contributed by atoms with E-state index < -0.39 is 23.8 Å². The number of carboxylic acid groups (broad SMARTS) is 1. The van der Waals surface area contributed by atoms with E-state index in [1.165, 1.54) is 21.9 Å². The first-order valence-electron chi connectivity index (χ1n) is 6.67. The van der Waals surface area contributed by atoms with Crippen LogP contribution in [-0.2, 0) is 11.0 Å². The molecule has 23 heavy (non-hydrogen) atoms. The fourth-order valence-electron chi connectivity index (χ4n) is 2.61. The first-order chi connectivity index (χ1) is 10.6. The number of rotatable bonds is 2. The molecule has 0 aromatic heterocycles. The number of halogens is 3. The van der Waals surface area contributed by atoms with Crippen LogP contribution >= 0.6 is 12.2 Å². The van der Waals surface area contributed by atoms with Gasteiger partial charge >= 0.3 is 12.1 Å². The maximum absolute atomic E-state index is 12.9. The summed E-state index contributed by atoms with van der Waals surface area (Å²) in [5, 5.41) is 9.86. The fraction of sp³-hybridized carbons (Fsp3) is 0.333. The fourth-order valence-corrected chi connectivity index (χ4v) is 2.85. The lowest BCUT2D eigenvalue weighted by molar-refractivity contribution is -0.137. The van der Waals surface area contributed by atoms with Gasteiger partial charge in [0, 0.05) is 19.8 Å². The molecule has 1 atom stereocenters. The molecule has 4 nitrogen and oxygen atoms in total. The van der Waals surface area contributed by atoms with Crippen LogP contribution in [0.4, 0.5) is 13.2 Å². The molecule has 1 heterocycles. The Kier molecular flexibility index (Phi) is 4.39. The van der Waals surface area contributed by atoms with E-state index in [-0.39, 0.29) is 11.1 Å². The summed E-state index contributed by atoms with van der Waals surface area (Å²) in [6.07, 6.45) is -4.50. The summed E-state index contributed by atoms with van der Waals surface area (Å²) in [4.78, 5) is 14.7. The summed E-state index contributed by atoms with van der Waals surface area (Å²) in [5.41, 5.74) is -0.184. The van der Waals surface area contributed by atoms with E-state index in [1.54, 1.807) is 21.0 Å². The van der Waals surface area contributed by atoms with Gasteiger partial charge in [-0.05, 0) is 36.8 Å². The highest BCUT2D eigenvalue weighted by atomic mass is 32.1. The van der Waals surface area contributed by atoms with Crippen LogP contribution in [0, 0.1) is 0 Å². The number of thiocarbonyl (C=S) groups is 1. The molecule has 1 unspecified atom stereocenters. The SMILES string of the molecule is CC1=C(C(=O)O)C(c2cccc(C(F)(F)F)c2)N(C)C(=S)N1C. The van der Waals surface area contributed by atoms with Crippen LogP contribution in [0.25, 0.3) is 0 Å². The number of likely N-dealkylation sites (N-methyl/N-ethyl adjacent to an activating group) is 1. The Morgan fingerprint density at radius 1 is 1.30 bits per heavy atom. The molecule has 1 aromatic rings. The Bertz CT molecular complexity index is 700. The van der Waals surface area contributed by atoms with Crippen LogP contribution in [0.1, 0.15) is 24.1 Å². The van der Waals surface area contributed by atoms with E-state index in [1.807, 2.05) is 0 Å². The minimum absolute atomic E-state index is 0.00271. The molecule has 1 aliphatic rings. The van der Waals surface area contributed by atoms with Crippen molar-refractivity contribution in [3.8, 4) is 0 Å². The number of allylic oxidation sites excluding steroid dienone is 1. The van der Waals surface area contributed by atoms with Gasteiger partial charge < -0.3 is 14.9 Å². The van der Waals surface area contributed by atoms with Crippen molar-refractivity contribution in [3.63, 3.8) is 0 Å². The van der Waals surface area contributed by atoms with Gasteiger partial charge in [0.2, 0.25) is 0 Å². The van der Waals surface area contributed by atoms with Crippen LogP contribution in [-0.4, -0.2) is 40.1 Å². The van der Waals surface area contributed by atoms with Gasteiger partial charge in [-0.3, -0.25) is 0 Å². The second-order valence-electron chi connectivity index (χ2n) is 5.28. The standard InChI is InChI=1S/C15H15F3N2O2S/c1-8-11(13(21)22)12(20(3)14(23)19(8)2)9-5-4-6-10(7-9)15(16,17)18/h4-7,12H,1-3H3,(H,21,22). The van der Waals surface area contributed by atoms with Crippen molar-refractivity contribution < 1.29 is 23.1 Å². The van der Waals surface area contributed by atoms with E-state index in [0.717, 1.165) is 12.1 Å². The topological polar surface area (TPSA) is 43.8 Å². The Morgan fingerprint density at radius 3 is 2.43 bits per heavy atom. The average Bonchev–Trinajstić information content (AvgIpc) is 2.47. The molecular formula is C15H15F3N2O2S. The van der Waals surface area contributed by atoms with Crippen molar-refractivity contribution >= 4 is 23.3 Å². The molecule has 0 saturated carbocycles. The zero-order valence-corrected chi connectivity index (χ0v) is 13.5. The highest BCUT2D eigenvalue weighted by Crippen LogP contribution is 2.38. The van der Waals surface area contributed by atoms with Gasteiger partial charge in [-0.2, -0.15) is 13.2 Å². The lowest BCUT2D eigenvalue weighted by atomic mass is 9.93. The monoisotopic (exact) mass is 344 g/mol. The maximum atomic E-state index is 12.9. The van der Waals surface area contributed by atoms with Gasteiger partial charge in [0.15, 0.2) is 5.11 Å². The van der Waals surface area contributed by atoms with E-state index >= 15 is 0 Å². The molecule has 0 spiro atoms. The lowest BCUT2D eigenvalue weighted by Crippen LogP contribution is -2.46. The predicted molar refractivity (Wildman–Crippen MR) is 82.6 cm³/mol. The van der Waals surface area contributed by atoms with Gasteiger partial charge in [0.05, 0.1) is 17.2 Å². The maximum Gasteiger partial charge on any atom is 0.416 e. The normalized spacial score (nSPS) is 19.4. The molecule has 0 radical (unpaired) electrons. The number of benzene rings is 1. The van der Waals surface area contributed by atoms with E-state index in [0.29, 0.717) is 10.8 Å². The van der Waals surface area contributed by atoms with Crippen molar-refractivity contribution in [3.05, 3.63) is 46.7 Å². The molecule has 0 bridgehead atoms. The molecule has 0 fully saturated rings. The summed E-state index contributed by atoms with van der Waals surface area (Å²) in [6, 6.07) is 3.78. The van der Waals surface area contributed by atoms with E-state index in [9.17, 15) is 23.1 Å². The highest BCUT2D eigenvalue weighted by Gasteiger charge is 2.38. The number of alkyl halides is 3. The van der Waals surface area contributed by atoms with Gasteiger partial charge in [-0.25, -0.2) is 4.79 Å². The quantitative estimate of drug-likeness (QED) is 0.834. The molecular weight excluding hydrogens is 329 g/mol. The third kappa shape index (κ3) is 3.03. The summed E-state index contributed by atoms with van der Waals surface area (Å²) in [6.45, 7) is 1.59. The second kappa shape index (κ2) is 5.84. The molecule has 0 saturated heterocycles. The lowest BCUT2D eigenvalue weighted by Gasteiger charge is -2.41. The Labute approximate surface area is 136 Å². The van der Waals surface area contributed by atoms with Crippen molar-refractivity contribution in [2.75, 3.05) is 14.1 Å². The van der Waals surface area contributed by atoms with Gasteiger partial charge in [0.25, 0.3) is 0 Å². The molecule has 1 aliphatic heterocycles. The Hall–Kier alpha value is -2.09. The summed E-state index contributed by atoms with van der Waals surface area (Å²) in [7, 11) is 3.19. The van der Waals surface area contributed by atoms with Crippen LogP contribution in [0.2, 0.25) is 0 Å². The number of hydrogen-bond donors (Lipinski definition) is 1. The third-order valence-corrected chi connectivity index (χ3v) is 4.46. The summed E-state index contributed by atoms with van der Waals surface area (Å²) >= 11 is 5.25. The molecule has 2 rings (SSSR count). The summed E-state index contributed by atoms with van der Waals surface area (Å²) < 4.78 is 38.8. The van der Waals surface area contributed by atoms with Crippen LogP contribution < -0.4 is 0 Å². The molecule has 8 heteroatoms. The highest BCUT2D eigenvalue weighted by molar-refractivity contribution is 7.80. The first kappa shape index (κ1) is 17.3. The predicted octanol–water partition coefficient (Wildman–Crippen LogP) is 3.27. The van der Waals surface area contributed by atoms with Crippen molar-refractivity contribution in [1.82, 2.24) is 9.80 Å². The first-order valence-corrected chi connectivity index (χ1v) is 7.08. The molecule has 0 amide bonds. The van der Waals surface area contributed by atoms with Crippen molar-refractivity contribution in [2.45, 2.75) is 19.1 Å². The van der Waals surface area contributed by atoms with Crippen molar-refractivity contribution in [1.29, 1.82) is 0 Å². The second-order valence-corrected chi connectivity index (χ2v) is 5.65. The van der Waals surface area contributed by atoms with Crippen LogP contribution in [0.3, 0.4) is 0 Å². The Morgan fingerprint density at radius 2 is 1.91 bits per heavy atom. The molecule has 1 aromatic carbocycles. The van der Waals surface area contributed by atoms with Crippen molar-refractivity contribution in [2.24, 2.45) is 0 Å². The Balaban J connectivity index is 2.64. The molecule has 0 aliphatic carbocycles. The molecule has 1 N–H and O–H groups in total. The van der Waals surface area contributed by atoms with E-state index in [2.05, 4.69) is 0 Å². The van der Waals surface area contributed by atoms with Gasteiger partial charge in [-0.1, -0.05) is 12.1 Å².